The third-order valence-electron chi connectivity index (χ3n) is 2.34. The maximum absolute atomic E-state index is 5.66. The third kappa shape index (κ3) is 3.40. The highest BCUT2D eigenvalue weighted by Crippen LogP contribution is 2.37. The summed E-state index contributed by atoms with van der Waals surface area (Å²) in [5.74, 6) is 5.66. The molecule has 2 heterocycles. The van der Waals surface area contributed by atoms with Gasteiger partial charge in [0, 0.05) is 15.8 Å². The fourth-order valence-electron chi connectivity index (χ4n) is 1.51. The van der Waals surface area contributed by atoms with Crippen LogP contribution in [0.1, 0.15) is 16.5 Å². The average molecular weight is 461 g/mol. The lowest BCUT2D eigenvalue weighted by atomic mass is 10.1. The molecule has 0 saturated heterocycles. The second-order valence-electron chi connectivity index (χ2n) is 3.39. The second-order valence-corrected chi connectivity index (χ2v) is 9.00. The van der Waals surface area contributed by atoms with Gasteiger partial charge in [0.1, 0.15) is 0 Å². The van der Waals surface area contributed by atoms with E-state index in [1.165, 1.54) is 10.4 Å². The first kappa shape index (κ1) is 14.2. The standard InChI is InChI=1S/C10H9Br3N2S2/c11-6-1-2-16-8(6)4-7(15-14)5-3-9(12)17-10(5)13/h1-3,7,15H,4,14H2. The Hall–Kier alpha value is 0.760. The average Bonchev–Trinajstić information content (AvgIpc) is 2.82. The summed E-state index contributed by atoms with van der Waals surface area (Å²) in [6.07, 6.45) is 0.872. The van der Waals surface area contributed by atoms with Crippen LogP contribution in [0.15, 0.2) is 29.6 Å². The van der Waals surface area contributed by atoms with Crippen LogP contribution in [0, 0.1) is 0 Å². The largest absolute Gasteiger partial charge is 0.271 e. The number of hydrogen-bond donors (Lipinski definition) is 2. The van der Waals surface area contributed by atoms with Crippen molar-refractivity contribution in [2.24, 2.45) is 5.84 Å². The summed E-state index contributed by atoms with van der Waals surface area (Å²) < 4.78 is 3.36. The highest BCUT2D eigenvalue weighted by atomic mass is 79.9. The molecule has 1 atom stereocenters. The van der Waals surface area contributed by atoms with Gasteiger partial charge in [-0.15, -0.1) is 22.7 Å². The molecule has 2 aromatic rings. The van der Waals surface area contributed by atoms with E-state index in [0.717, 1.165) is 18.5 Å². The van der Waals surface area contributed by atoms with Gasteiger partial charge in [0.25, 0.3) is 0 Å². The summed E-state index contributed by atoms with van der Waals surface area (Å²) in [6.45, 7) is 0. The van der Waals surface area contributed by atoms with Gasteiger partial charge in [0.15, 0.2) is 0 Å². The maximum atomic E-state index is 5.66. The van der Waals surface area contributed by atoms with Gasteiger partial charge < -0.3 is 0 Å². The zero-order chi connectivity index (χ0) is 12.4. The summed E-state index contributed by atoms with van der Waals surface area (Å²) in [5.41, 5.74) is 4.06. The fourth-order valence-corrected chi connectivity index (χ4v) is 6.04. The number of hydrogen-bond acceptors (Lipinski definition) is 4. The SMILES string of the molecule is NNC(Cc1sccc1Br)c1cc(Br)sc1Br. The predicted octanol–water partition coefficient (Wildman–Crippen LogP) is 4.84. The van der Waals surface area contributed by atoms with Gasteiger partial charge in [0.2, 0.25) is 0 Å². The zero-order valence-corrected chi connectivity index (χ0v) is 14.9. The van der Waals surface area contributed by atoms with Crippen molar-refractivity contribution in [3.8, 4) is 0 Å². The van der Waals surface area contributed by atoms with Crippen LogP contribution in [-0.4, -0.2) is 0 Å². The lowest BCUT2D eigenvalue weighted by Crippen LogP contribution is -2.29. The minimum Gasteiger partial charge on any atom is -0.271 e. The molecule has 0 bridgehead atoms. The number of rotatable bonds is 4. The number of thiophene rings is 2. The van der Waals surface area contributed by atoms with Gasteiger partial charge in [-0.1, -0.05) is 0 Å². The molecule has 0 aliphatic heterocycles. The fraction of sp³-hybridized carbons (Fsp3) is 0.200. The van der Waals surface area contributed by atoms with E-state index in [9.17, 15) is 0 Å². The van der Waals surface area contributed by atoms with E-state index in [2.05, 4.69) is 70.7 Å². The molecule has 92 valence electrons. The lowest BCUT2D eigenvalue weighted by molar-refractivity contribution is 0.555. The topological polar surface area (TPSA) is 38.0 Å². The minimum atomic E-state index is 0.113. The molecule has 7 heteroatoms. The summed E-state index contributed by atoms with van der Waals surface area (Å²) in [6, 6.07) is 4.27. The van der Waals surface area contributed by atoms with Crippen LogP contribution in [0.25, 0.3) is 0 Å². The monoisotopic (exact) mass is 458 g/mol. The van der Waals surface area contributed by atoms with Gasteiger partial charge in [-0.05, 0) is 70.9 Å². The number of halogens is 3. The smallest absolute Gasteiger partial charge is 0.0758 e. The Morgan fingerprint density at radius 1 is 1.35 bits per heavy atom. The second kappa shape index (κ2) is 6.27. The van der Waals surface area contributed by atoms with Crippen LogP contribution in [0.2, 0.25) is 0 Å². The van der Waals surface area contributed by atoms with Crippen LogP contribution >= 0.6 is 70.5 Å². The van der Waals surface area contributed by atoms with Crippen molar-refractivity contribution in [3.63, 3.8) is 0 Å². The normalized spacial score (nSPS) is 12.9. The first-order valence-corrected chi connectivity index (χ1v) is 8.82. The number of nitrogens with two attached hydrogens (primary N) is 1. The molecule has 0 aromatic carbocycles. The molecule has 2 nitrogen and oxygen atoms in total. The zero-order valence-electron chi connectivity index (χ0n) is 8.54. The Balaban J connectivity index is 2.23. The molecule has 1 unspecified atom stereocenters. The quantitative estimate of drug-likeness (QED) is 0.506. The molecule has 2 aromatic heterocycles. The van der Waals surface area contributed by atoms with E-state index >= 15 is 0 Å². The highest BCUT2D eigenvalue weighted by molar-refractivity contribution is 9.12. The van der Waals surface area contributed by atoms with Crippen LogP contribution in [-0.2, 0) is 6.42 Å². The molecular weight excluding hydrogens is 452 g/mol. The first-order chi connectivity index (χ1) is 8.11. The Bertz CT molecular complexity index is 509. The molecule has 0 aliphatic carbocycles. The highest BCUT2D eigenvalue weighted by Gasteiger charge is 2.18. The number of hydrazine groups is 1. The van der Waals surface area contributed by atoms with Crippen molar-refractivity contribution in [1.82, 2.24) is 5.43 Å². The van der Waals surface area contributed by atoms with E-state index in [1.54, 1.807) is 22.7 Å². The van der Waals surface area contributed by atoms with Crippen LogP contribution in [0.4, 0.5) is 0 Å². The van der Waals surface area contributed by atoms with Gasteiger partial charge in [-0.25, -0.2) is 0 Å². The molecule has 0 fully saturated rings. The van der Waals surface area contributed by atoms with E-state index in [1.807, 2.05) is 0 Å². The van der Waals surface area contributed by atoms with Gasteiger partial charge in [-0.2, -0.15) is 0 Å². The van der Waals surface area contributed by atoms with E-state index in [-0.39, 0.29) is 6.04 Å². The Morgan fingerprint density at radius 2 is 2.12 bits per heavy atom. The molecule has 0 spiro atoms. The molecule has 0 aliphatic rings. The van der Waals surface area contributed by atoms with Crippen LogP contribution in [0.5, 0.6) is 0 Å². The summed E-state index contributed by atoms with van der Waals surface area (Å²) in [5, 5.41) is 2.07. The van der Waals surface area contributed by atoms with Crippen molar-refractivity contribution in [3.05, 3.63) is 40.0 Å². The molecular formula is C10H9Br3N2S2. The predicted molar refractivity (Wildman–Crippen MR) is 85.5 cm³/mol. The van der Waals surface area contributed by atoms with Gasteiger partial charge in [0.05, 0.1) is 13.6 Å². The lowest BCUT2D eigenvalue weighted by Gasteiger charge is -2.14. The van der Waals surface area contributed by atoms with E-state index < -0.39 is 0 Å². The van der Waals surface area contributed by atoms with Crippen molar-refractivity contribution in [1.29, 1.82) is 0 Å². The Morgan fingerprint density at radius 3 is 2.59 bits per heavy atom. The molecule has 17 heavy (non-hydrogen) atoms. The Labute approximate surface area is 133 Å². The first-order valence-electron chi connectivity index (χ1n) is 4.74. The number of nitrogens with one attached hydrogen (secondary N) is 1. The summed E-state index contributed by atoms with van der Waals surface area (Å²) in [4.78, 5) is 1.29. The summed E-state index contributed by atoms with van der Waals surface area (Å²) >= 11 is 14.0. The van der Waals surface area contributed by atoms with Crippen molar-refractivity contribution < 1.29 is 0 Å². The van der Waals surface area contributed by atoms with Crippen molar-refractivity contribution >= 4 is 70.5 Å². The molecule has 0 saturated carbocycles. The van der Waals surface area contributed by atoms with Crippen molar-refractivity contribution in [2.45, 2.75) is 12.5 Å². The van der Waals surface area contributed by atoms with Crippen LogP contribution < -0.4 is 11.3 Å². The molecule has 0 amide bonds. The van der Waals surface area contributed by atoms with E-state index in [4.69, 9.17) is 5.84 Å². The summed E-state index contributed by atoms with van der Waals surface area (Å²) in [7, 11) is 0. The van der Waals surface area contributed by atoms with Crippen LogP contribution in [0.3, 0.4) is 0 Å². The molecule has 0 radical (unpaired) electrons. The maximum Gasteiger partial charge on any atom is 0.0758 e. The minimum absolute atomic E-state index is 0.113. The van der Waals surface area contributed by atoms with Crippen molar-refractivity contribution in [2.75, 3.05) is 0 Å². The van der Waals surface area contributed by atoms with Gasteiger partial charge in [-0.3, -0.25) is 11.3 Å². The van der Waals surface area contributed by atoms with E-state index in [0.29, 0.717) is 0 Å². The Kier molecular flexibility index (Phi) is 5.23. The molecule has 2 rings (SSSR count). The van der Waals surface area contributed by atoms with Gasteiger partial charge >= 0.3 is 0 Å². The third-order valence-corrected chi connectivity index (χ3v) is 6.67. The molecule has 3 N–H and O–H groups in total.